The van der Waals surface area contributed by atoms with Crippen molar-refractivity contribution >= 4 is 11.7 Å². The first-order valence-corrected chi connectivity index (χ1v) is 13.6. The zero-order valence-corrected chi connectivity index (χ0v) is 22.2. The molecule has 0 saturated heterocycles. The summed E-state index contributed by atoms with van der Waals surface area (Å²) in [4.78, 5) is 26.5. The zero-order chi connectivity index (χ0) is 26.0. The van der Waals surface area contributed by atoms with Crippen molar-refractivity contribution in [3.05, 3.63) is 30.1 Å². The highest BCUT2D eigenvalue weighted by Gasteiger charge is 2.33. The number of nitrogens with two attached hydrogens (primary N) is 1. The van der Waals surface area contributed by atoms with Crippen LogP contribution in [0.3, 0.4) is 0 Å². The zero-order valence-electron chi connectivity index (χ0n) is 22.2. The number of aliphatic hydroxyl groups excluding tert-OH is 1. The van der Waals surface area contributed by atoms with E-state index in [-0.39, 0.29) is 48.5 Å². The molecule has 5 atom stereocenters. The lowest BCUT2D eigenvalue weighted by Crippen LogP contribution is -2.42. The molecule has 1 aliphatic carbocycles. The molecule has 1 saturated carbocycles. The molecule has 2 rings (SSSR count). The van der Waals surface area contributed by atoms with Crippen molar-refractivity contribution in [1.29, 1.82) is 0 Å². The Labute approximate surface area is 211 Å². The summed E-state index contributed by atoms with van der Waals surface area (Å²) < 4.78 is 0.983. The van der Waals surface area contributed by atoms with Gasteiger partial charge in [0.25, 0.3) is 5.69 Å². The number of amides is 1. The van der Waals surface area contributed by atoms with Gasteiger partial charge in [-0.05, 0) is 36.7 Å². The molecule has 1 aromatic heterocycles. The lowest BCUT2D eigenvalue weighted by molar-refractivity contribution is -0.909. The van der Waals surface area contributed by atoms with Crippen LogP contribution in [0, 0.1) is 29.6 Å². The summed E-state index contributed by atoms with van der Waals surface area (Å²) in [6.45, 7) is 8.18. The second-order valence-corrected chi connectivity index (χ2v) is 11.0. The highest BCUT2D eigenvalue weighted by atomic mass is 16.5. The summed E-state index contributed by atoms with van der Waals surface area (Å²) in [6, 6.07) is 4.91. The number of carbonyl (C=O) groups is 2. The van der Waals surface area contributed by atoms with E-state index >= 15 is 0 Å². The summed E-state index contributed by atoms with van der Waals surface area (Å²) in [5, 5.41) is 23.7. The molecule has 5 N–H and O–H groups in total. The molecule has 1 fully saturated rings. The summed E-state index contributed by atoms with van der Waals surface area (Å²) in [5.74, 6) is -0.315. The van der Waals surface area contributed by atoms with Gasteiger partial charge >= 0.3 is 0 Å². The second kappa shape index (κ2) is 14.5. The number of aromatic nitrogens is 1. The SMILES string of the molecule is CCC(C)[C@H](CC(=O)[C@@H](CC(O)[C@@H](N)CC1CCCCC1)C(C)C)C(=O)NCc1cccc[n+]1O. The van der Waals surface area contributed by atoms with Crippen molar-refractivity contribution in [1.82, 2.24) is 5.32 Å². The van der Waals surface area contributed by atoms with Crippen LogP contribution in [0.25, 0.3) is 0 Å². The lowest BCUT2D eigenvalue weighted by Gasteiger charge is -2.30. The largest absolute Gasteiger partial charge is 0.391 e. The first-order chi connectivity index (χ1) is 16.6. The van der Waals surface area contributed by atoms with Gasteiger partial charge in [-0.25, -0.2) is 0 Å². The van der Waals surface area contributed by atoms with E-state index in [4.69, 9.17) is 5.73 Å². The van der Waals surface area contributed by atoms with E-state index in [0.717, 1.165) is 17.6 Å². The van der Waals surface area contributed by atoms with Crippen molar-refractivity contribution in [3.8, 4) is 0 Å². The number of aliphatic hydroxyl groups is 1. The Kier molecular flexibility index (Phi) is 12.1. The molecule has 35 heavy (non-hydrogen) atoms. The molecular formula is C28H48N3O4+. The third-order valence-corrected chi connectivity index (χ3v) is 7.99. The smallest absolute Gasteiger partial charge is 0.253 e. The molecule has 7 nitrogen and oxygen atoms in total. The average Bonchev–Trinajstić information content (AvgIpc) is 2.84. The fourth-order valence-electron chi connectivity index (χ4n) is 5.30. The second-order valence-electron chi connectivity index (χ2n) is 11.0. The third kappa shape index (κ3) is 9.19. The minimum atomic E-state index is -0.720. The molecule has 7 heteroatoms. The van der Waals surface area contributed by atoms with Crippen molar-refractivity contribution < 1.29 is 24.6 Å². The Balaban J connectivity index is 2.00. The van der Waals surface area contributed by atoms with Crippen LogP contribution in [-0.4, -0.2) is 34.2 Å². The van der Waals surface area contributed by atoms with E-state index < -0.39 is 12.0 Å². The molecule has 0 bridgehead atoms. The number of rotatable bonds is 14. The van der Waals surface area contributed by atoms with E-state index in [0.29, 0.717) is 18.0 Å². The monoisotopic (exact) mass is 490 g/mol. The highest BCUT2D eigenvalue weighted by molar-refractivity contribution is 5.88. The van der Waals surface area contributed by atoms with Gasteiger partial charge in [-0.1, -0.05) is 66.2 Å². The van der Waals surface area contributed by atoms with Crippen LogP contribution in [0.4, 0.5) is 0 Å². The molecule has 0 aromatic carbocycles. The standard InChI is InChI=1S/C28H47N3O4/c1-5-20(4)24(28(34)30-18-22-13-9-10-14-31(22)35)17-26(32)23(19(2)3)16-27(33)25(29)15-21-11-7-6-8-12-21/h9-10,13-14,19-21,23-25,27,33H,5-8,11-12,15-18,29H2,1-4H3,(H-,30,34,35)/p+1/t20?,23-,24-,25-,27?/m0/s1. The van der Waals surface area contributed by atoms with Crippen molar-refractivity contribution in [2.45, 2.75) is 104 Å². The predicted molar refractivity (Wildman–Crippen MR) is 136 cm³/mol. The number of nitrogens with one attached hydrogen (secondary N) is 1. The molecule has 1 heterocycles. The maximum atomic E-state index is 13.4. The molecule has 198 valence electrons. The van der Waals surface area contributed by atoms with Crippen LogP contribution in [-0.2, 0) is 16.1 Å². The van der Waals surface area contributed by atoms with Gasteiger partial charge in [-0.15, -0.1) is 0 Å². The van der Waals surface area contributed by atoms with Gasteiger partial charge in [-0.2, -0.15) is 0 Å². The summed E-state index contributed by atoms with van der Waals surface area (Å²) in [5.41, 5.74) is 6.94. The number of pyridine rings is 1. The van der Waals surface area contributed by atoms with Gasteiger partial charge < -0.3 is 16.2 Å². The topological polar surface area (TPSA) is 117 Å². The van der Waals surface area contributed by atoms with Crippen LogP contribution in [0.1, 0.15) is 91.2 Å². The van der Waals surface area contributed by atoms with Crippen molar-refractivity contribution in [2.75, 3.05) is 0 Å². The Morgan fingerprint density at radius 1 is 1.14 bits per heavy atom. The third-order valence-electron chi connectivity index (χ3n) is 7.99. The maximum Gasteiger partial charge on any atom is 0.253 e. The number of hydrogen-bond donors (Lipinski definition) is 4. The first kappa shape index (κ1) is 29.2. The summed E-state index contributed by atoms with van der Waals surface area (Å²) in [6.07, 6.45) is 8.97. The fraction of sp³-hybridized carbons (Fsp3) is 0.750. The van der Waals surface area contributed by atoms with E-state index in [9.17, 15) is 19.9 Å². The van der Waals surface area contributed by atoms with Gasteiger partial charge in [0.15, 0.2) is 0 Å². The number of Topliss-reactive ketones (excluding diaryl/α,β-unsaturated/α-hetero) is 1. The Hall–Kier alpha value is -1.99. The van der Waals surface area contributed by atoms with Crippen LogP contribution in [0.5, 0.6) is 0 Å². The minimum absolute atomic E-state index is 0.0151. The Morgan fingerprint density at radius 3 is 2.43 bits per heavy atom. The first-order valence-electron chi connectivity index (χ1n) is 13.6. The van der Waals surface area contributed by atoms with Crippen LogP contribution < -0.4 is 15.8 Å². The van der Waals surface area contributed by atoms with E-state index in [2.05, 4.69) is 5.32 Å². The highest BCUT2D eigenvalue weighted by Crippen LogP contribution is 2.30. The van der Waals surface area contributed by atoms with Crippen LogP contribution in [0.15, 0.2) is 24.4 Å². The van der Waals surface area contributed by atoms with Gasteiger partial charge in [0, 0.05) is 41.2 Å². The van der Waals surface area contributed by atoms with Gasteiger partial charge in [0.1, 0.15) is 12.3 Å². The van der Waals surface area contributed by atoms with Crippen LogP contribution in [0.2, 0.25) is 0 Å². The average molecular weight is 491 g/mol. The molecule has 0 aliphatic heterocycles. The van der Waals surface area contributed by atoms with E-state index in [1.807, 2.05) is 27.7 Å². The van der Waals surface area contributed by atoms with Crippen molar-refractivity contribution in [3.63, 3.8) is 0 Å². The lowest BCUT2D eigenvalue weighted by atomic mass is 9.77. The molecular weight excluding hydrogens is 442 g/mol. The molecule has 2 unspecified atom stereocenters. The molecule has 0 radical (unpaired) electrons. The number of carbonyl (C=O) groups excluding carboxylic acids is 2. The van der Waals surface area contributed by atoms with E-state index in [1.54, 1.807) is 18.2 Å². The van der Waals surface area contributed by atoms with Crippen LogP contribution >= 0.6 is 0 Å². The number of ketones is 1. The Morgan fingerprint density at radius 2 is 1.83 bits per heavy atom. The molecule has 1 aliphatic rings. The molecule has 0 spiro atoms. The predicted octanol–water partition coefficient (Wildman–Crippen LogP) is 3.77. The quantitative estimate of drug-likeness (QED) is 0.234. The van der Waals surface area contributed by atoms with Gasteiger partial charge in [0.2, 0.25) is 12.1 Å². The van der Waals surface area contributed by atoms with Gasteiger partial charge in [0.05, 0.1) is 6.10 Å². The summed E-state index contributed by atoms with van der Waals surface area (Å²) in [7, 11) is 0. The minimum Gasteiger partial charge on any atom is -0.391 e. The number of nitrogens with zero attached hydrogens (tertiary/aromatic N) is 1. The van der Waals surface area contributed by atoms with Crippen molar-refractivity contribution in [2.24, 2.45) is 35.3 Å². The van der Waals surface area contributed by atoms with E-state index in [1.165, 1.54) is 38.3 Å². The molecule has 1 aromatic rings. The normalized spacial score (nSPS) is 19.1. The Bertz CT molecular complexity index is 794. The van der Waals surface area contributed by atoms with Gasteiger partial charge in [-0.3, -0.25) is 14.8 Å². The summed E-state index contributed by atoms with van der Waals surface area (Å²) >= 11 is 0. The number of hydrogen-bond acceptors (Lipinski definition) is 5. The molecule has 1 amide bonds. The fourth-order valence-corrected chi connectivity index (χ4v) is 5.30. The maximum absolute atomic E-state index is 13.4.